The van der Waals surface area contributed by atoms with E-state index < -0.39 is 0 Å². The van der Waals surface area contributed by atoms with Gasteiger partial charge in [0.15, 0.2) is 0 Å². The summed E-state index contributed by atoms with van der Waals surface area (Å²) in [5, 5.41) is 0. The van der Waals surface area contributed by atoms with Gasteiger partial charge < -0.3 is 4.57 Å². The second-order valence-corrected chi connectivity index (χ2v) is 11.5. The molecule has 0 aliphatic rings. The molecule has 0 aromatic carbocycles. The number of imidazole rings is 1. The van der Waals surface area contributed by atoms with Crippen LogP contribution in [0, 0.1) is 0 Å². The van der Waals surface area contributed by atoms with Crippen molar-refractivity contribution >= 4 is 0 Å². The van der Waals surface area contributed by atoms with Crippen LogP contribution in [0.15, 0.2) is 12.4 Å². The van der Waals surface area contributed by atoms with Crippen molar-refractivity contribution in [1.82, 2.24) is 9.55 Å². The van der Waals surface area contributed by atoms with Gasteiger partial charge >= 0.3 is 0 Å². The third-order valence-electron chi connectivity index (χ3n) is 8.08. The van der Waals surface area contributed by atoms with Crippen LogP contribution in [0.2, 0.25) is 0 Å². The molecule has 0 amide bonds. The molecule has 0 bridgehead atoms. The average molecular weight is 489 g/mol. The van der Waals surface area contributed by atoms with Gasteiger partial charge in [0, 0.05) is 24.4 Å². The number of unbranched alkanes of at least 4 members (excludes halogenated alkanes) is 18. The molecule has 1 aromatic rings. The Morgan fingerprint density at radius 1 is 0.543 bits per heavy atom. The van der Waals surface area contributed by atoms with Crippen LogP contribution in [0.5, 0.6) is 0 Å². The normalized spacial score (nSPS) is 13.4. The summed E-state index contributed by atoms with van der Waals surface area (Å²) in [7, 11) is 0. The van der Waals surface area contributed by atoms with E-state index in [0.717, 1.165) is 0 Å². The Balaban J connectivity index is 2.27. The molecule has 2 nitrogen and oxygen atoms in total. The fourth-order valence-electron chi connectivity index (χ4n) is 5.65. The Morgan fingerprint density at radius 2 is 0.914 bits per heavy atom. The standard InChI is InChI=1S/C33H64N2/c1-5-8-11-13-14-15-16-17-18-19-20-22-24-26-31(4)35-30-29-34-33(35)32(27-23-10-7-3)28-25-21-12-9-6-2/h29-32H,5-28H2,1-4H3. The molecule has 2 unspecified atom stereocenters. The highest BCUT2D eigenvalue weighted by Gasteiger charge is 2.19. The first kappa shape index (κ1) is 32.2. The van der Waals surface area contributed by atoms with Gasteiger partial charge in [0.2, 0.25) is 0 Å². The highest BCUT2D eigenvalue weighted by Crippen LogP contribution is 2.30. The van der Waals surface area contributed by atoms with E-state index in [1.165, 1.54) is 160 Å². The number of aromatic nitrogens is 2. The summed E-state index contributed by atoms with van der Waals surface area (Å²) in [6.07, 6.45) is 37.9. The van der Waals surface area contributed by atoms with Crippen molar-refractivity contribution in [2.45, 2.75) is 194 Å². The lowest BCUT2D eigenvalue weighted by Crippen LogP contribution is -2.13. The van der Waals surface area contributed by atoms with Gasteiger partial charge in [-0.25, -0.2) is 4.98 Å². The van der Waals surface area contributed by atoms with Crippen molar-refractivity contribution in [3.63, 3.8) is 0 Å². The average Bonchev–Trinajstić information content (AvgIpc) is 3.35. The molecule has 35 heavy (non-hydrogen) atoms. The molecule has 1 rings (SSSR count). The highest BCUT2D eigenvalue weighted by molar-refractivity contribution is 5.02. The van der Waals surface area contributed by atoms with Gasteiger partial charge in [0.05, 0.1) is 0 Å². The summed E-state index contributed by atoms with van der Waals surface area (Å²) in [5.74, 6) is 2.05. The van der Waals surface area contributed by atoms with Gasteiger partial charge in [-0.15, -0.1) is 0 Å². The van der Waals surface area contributed by atoms with Crippen LogP contribution >= 0.6 is 0 Å². The molecule has 0 N–H and O–H groups in total. The van der Waals surface area contributed by atoms with E-state index in [-0.39, 0.29) is 0 Å². The van der Waals surface area contributed by atoms with Gasteiger partial charge in [-0.3, -0.25) is 0 Å². The number of hydrogen-bond acceptors (Lipinski definition) is 1. The predicted octanol–water partition coefficient (Wildman–Crippen LogP) is 11.9. The van der Waals surface area contributed by atoms with Gasteiger partial charge in [-0.2, -0.15) is 0 Å². The van der Waals surface area contributed by atoms with Crippen molar-refractivity contribution in [3.05, 3.63) is 18.2 Å². The maximum Gasteiger partial charge on any atom is 0.111 e. The smallest absolute Gasteiger partial charge is 0.111 e. The molecular formula is C33H64N2. The van der Waals surface area contributed by atoms with Crippen LogP contribution in [-0.2, 0) is 0 Å². The van der Waals surface area contributed by atoms with E-state index in [2.05, 4.69) is 44.7 Å². The summed E-state index contributed by atoms with van der Waals surface area (Å²) in [6, 6.07) is 0.592. The van der Waals surface area contributed by atoms with Gasteiger partial charge in [-0.1, -0.05) is 156 Å². The highest BCUT2D eigenvalue weighted by atomic mass is 15.1. The summed E-state index contributed by atoms with van der Waals surface area (Å²) in [5.41, 5.74) is 0. The minimum Gasteiger partial charge on any atom is -0.332 e. The Kier molecular flexibility index (Phi) is 21.7. The maximum absolute atomic E-state index is 4.91. The molecule has 0 spiro atoms. The molecule has 0 aliphatic carbocycles. The molecule has 206 valence electrons. The third-order valence-corrected chi connectivity index (χ3v) is 8.08. The summed E-state index contributed by atoms with van der Waals surface area (Å²) >= 11 is 0. The van der Waals surface area contributed by atoms with E-state index in [1.54, 1.807) is 0 Å². The molecule has 0 saturated heterocycles. The summed E-state index contributed by atoms with van der Waals surface area (Å²) in [6.45, 7) is 9.36. The molecule has 2 atom stereocenters. The molecule has 0 aliphatic heterocycles. The molecule has 1 heterocycles. The van der Waals surface area contributed by atoms with Crippen LogP contribution < -0.4 is 0 Å². The molecule has 0 saturated carbocycles. The summed E-state index contributed by atoms with van der Waals surface area (Å²) in [4.78, 5) is 4.91. The largest absolute Gasteiger partial charge is 0.332 e. The quantitative estimate of drug-likeness (QED) is 0.118. The van der Waals surface area contributed by atoms with Crippen molar-refractivity contribution in [1.29, 1.82) is 0 Å². The molecule has 2 heteroatoms. The Labute approximate surface area is 221 Å². The van der Waals surface area contributed by atoms with Crippen LogP contribution in [0.3, 0.4) is 0 Å². The van der Waals surface area contributed by atoms with E-state index in [9.17, 15) is 0 Å². The van der Waals surface area contributed by atoms with E-state index in [0.29, 0.717) is 12.0 Å². The second-order valence-electron chi connectivity index (χ2n) is 11.5. The topological polar surface area (TPSA) is 17.8 Å². The molecular weight excluding hydrogens is 424 g/mol. The zero-order valence-electron chi connectivity index (χ0n) is 24.7. The lowest BCUT2D eigenvalue weighted by molar-refractivity contribution is 0.414. The van der Waals surface area contributed by atoms with Crippen LogP contribution in [0.25, 0.3) is 0 Å². The lowest BCUT2D eigenvalue weighted by Gasteiger charge is -2.22. The predicted molar refractivity (Wildman–Crippen MR) is 158 cm³/mol. The molecule has 0 fully saturated rings. The van der Waals surface area contributed by atoms with E-state index >= 15 is 0 Å². The lowest BCUT2D eigenvalue weighted by atomic mass is 9.93. The Bertz CT molecular complexity index is 549. The Morgan fingerprint density at radius 3 is 1.40 bits per heavy atom. The maximum atomic E-state index is 4.91. The van der Waals surface area contributed by atoms with E-state index in [4.69, 9.17) is 4.98 Å². The van der Waals surface area contributed by atoms with Gasteiger partial charge in [-0.05, 0) is 26.2 Å². The first-order valence-electron chi connectivity index (χ1n) is 16.3. The fourth-order valence-corrected chi connectivity index (χ4v) is 5.65. The van der Waals surface area contributed by atoms with Crippen molar-refractivity contribution in [3.8, 4) is 0 Å². The van der Waals surface area contributed by atoms with Crippen molar-refractivity contribution < 1.29 is 0 Å². The monoisotopic (exact) mass is 489 g/mol. The van der Waals surface area contributed by atoms with Crippen LogP contribution in [0.4, 0.5) is 0 Å². The summed E-state index contributed by atoms with van der Waals surface area (Å²) < 4.78 is 2.54. The minimum atomic E-state index is 0.592. The van der Waals surface area contributed by atoms with Gasteiger partial charge in [0.25, 0.3) is 0 Å². The Hall–Kier alpha value is -0.790. The fraction of sp³-hybridized carbons (Fsp3) is 0.909. The van der Waals surface area contributed by atoms with Crippen molar-refractivity contribution in [2.75, 3.05) is 0 Å². The third kappa shape index (κ3) is 16.6. The van der Waals surface area contributed by atoms with E-state index in [1.807, 2.05) is 0 Å². The van der Waals surface area contributed by atoms with Crippen molar-refractivity contribution in [2.24, 2.45) is 0 Å². The first-order valence-corrected chi connectivity index (χ1v) is 16.3. The van der Waals surface area contributed by atoms with Crippen LogP contribution in [-0.4, -0.2) is 9.55 Å². The SMILES string of the molecule is CCCCCCCCCCCCCCCC(C)n1ccnc1C(CCCCC)CCCCCCC. The zero-order valence-corrected chi connectivity index (χ0v) is 24.7. The number of nitrogens with zero attached hydrogens (tertiary/aromatic N) is 2. The molecule has 0 radical (unpaired) electrons. The second kappa shape index (κ2) is 23.6. The molecule has 1 aromatic heterocycles. The van der Waals surface area contributed by atoms with Crippen LogP contribution in [0.1, 0.15) is 200 Å². The zero-order chi connectivity index (χ0) is 25.4. The minimum absolute atomic E-state index is 0.592. The van der Waals surface area contributed by atoms with Gasteiger partial charge in [0.1, 0.15) is 5.82 Å². The first-order chi connectivity index (χ1) is 17.2. The number of hydrogen-bond donors (Lipinski definition) is 0. The number of rotatable bonds is 26.